The zero-order valence-electron chi connectivity index (χ0n) is 18.2. The van der Waals surface area contributed by atoms with E-state index in [1.807, 2.05) is 6.92 Å². The maximum Gasteiger partial charge on any atom is 0.258 e. The topological polar surface area (TPSA) is 94.6 Å². The van der Waals surface area contributed by atoms with Gasteiger partial charge in [-0.05, 0) is 68.4 Å². The lowest BCUT2D eigenvalue weighted by molar-refractivity contribution is 0.0934. The molecule has 5 rings (SSSR count). The maximum atomic E-state index is 15.3. The smallest absolute Gasteiger partial charge is 0.258 e. The molecule has 7 nitrogen and oxygen atoms in total. The number of guanidine groups is 1. The summed E-state index contributed by atoms with van der Waals surface area (Å²) in [5, 5.41) is 12.0. The Kier molecular flexibility index (Phi) is 5.48. The zero-order valence-corrected chi connectivity index (χ0v) is 19.0. The van der Waals surface area contributed by atoms with E-state index in [0.29, 0.717) is 30.3 Å². The van der Waals surface area contributed by atoms with Crippen molar-refractivity contribution >= 4 is 40.7 Å². The molecular weight excluding hydrogens is 445 g/mol. The van der Waals surface area contributed by atoms with Gasteiger partial charge in [0.15, 0.2) is 5.96 Å². The van der Waals surface area contributed by atoms with Crippen molar-refractivity contribution in [2.45, 2.75) is 44.1 Å². The molecule has 0 bridgehead atoms. The Bertz CT molecular complexity index is 1170. The predicted molar refractivity (Wildman–Crippen MR) is 126 cm³/mol. The van der Waals surface area contributed by atoms with Gasteiger partial charge in [-0.3, -0.25) is 19.9 Å². The molecule has 2 amide bonds. The molecule has 172 valence electrons. The van der Waals surface area contributed by atoms with Crippen molar-refractivity contribution in [1.82, 2.24) is 16.0 Å². The van der Waals surface area contributed by atoms with Gasteiger partial charge in [0.1, 0.15) is 5.82 Å². The SMILES string of the molecule is CC1(NC(=O)c2cccc(Nc3c(F)cc(C(=O)NC4=NCCN4)cc3C3CC3)c2Cl)CC1. The van der Waals surface area contributed by atoms with Crippen LogP contribution in [0.3, 0.4) is 0 Å². The highest BCUT2D eigenvalue weighted by molar-refractivity contribution is 6.36. The molecule has 9 heteroatoms. The number of hydrogen-bond donors (Lipinski definition) is 4. The van der Waals surface area contributed by atoms with Gasteiger partial charge >= 0.3 is 0 Å². The Morgan fingerprint density at radius 1 is 1.21 bits per heavy atom. The van der Waals surface area contributed by atoms with Crippen molar-refractivity contribution < 1.29 is 14.0 Å². The highest BCUT2D eigenvalue weighted by Crippen LogP contribution is 2.46. The summed E-state index contributed by atoms with van der Waals surface area (Å²) in [4.78, 5) is 29.5. The Labute approximate surface area is 196 Å². The lowest BCUT2D eigenvalue weighted by atomic mass is 10.0. The van der Waals surface area contributed by atoms with E-state index in [2.05, 4.69) is 26.3 Å². The second kappa shape index (κ2) is 8.33. The highest BCUT2D eigenvalue weighted by atomic mass is 35.5. The quantitative estimate of drug-likeness (QED) is 0.513. The second-order valence-electron chi connectivity index (χ2n) is 9.11. The molecule has 2 saturated carbocycles. The van der Waals surface area contributed by atoms with Crippen LogP contribution in [-0.4, -0.2) is 36.4 Å². The minimum absolute atomic E-state index is 0.164. The van der Waals surface area contributed by atoms with Crippen molar-refractivity contribution in [3.05, 3.63) is 57.9 Å². The number of benzene rings is 2. The Morgan fingerprint density at radius 3 is 2.67 bits per heavy atom. The van der Waals surface area contributed by atoms with E-state index in [-0.39, 0.29) is 33.6 Å². The molecule has 2 aromatic rings. The van der Waals surface area contributed by atoms with E-state index in [1.165, 1.54) is 6.07 Å². The summed E-state index contributed by atoms with van der Waals surface area (Å²) in [5.74, 6) is -0.653. The van der Waals surface area contributed by atoms with Gasteiger partial charge in [-0.2, -0.15) is 0 Å². The average molecular weight is 470 g/mol. The Balaban J connectivity index is 1.42. The number of halogens is 2. The van der Waals surface area contributed by atoms with E-state index >= 15 is 4.39 Å². The summed E-state index contributed by atoms with van der Waals surface area (Å²) in [6.07, 6.45) is 3.71. The molecular formula is C24H25ClFN5O2. The third-order valence-corrected chi connectivity index (χ3v) is 6.63. The van der Waals surface area contributed by atoms with Crippen LogP contribution in [0.1, 0.15) is 64.8 Å². The monoisotopic (exact) mass is 469 g/mol. The molecule has 0 spiro atoms. The highest BCUT2D eigenvalue weighted by Gasteiger charge is 2.39. The number of aliphatic imine (C=N–C) groups is 1. The summed E-state index contributed by atoms with van der Waals surface area (Å²) in [6.45, 7) is 3.25. The molecule has 0 atom stereocenters. The van der Waals surface area contributed by atoms with Crippen molar-refractivity contribution in [2.75, 3.05) is 18.4 Å². The number of carbonyl (C=O) groups is 2. The van der Waals surface area contributed by atoms with Crippen LogP contribution in [0.2, 0.25) is 5.02 Å². The molecule has 4 N–H and O–H groups in total. The van der Waals surface area contributed by atoms with Crippen molar-refractivity contribution in [3.8, 4) is 0 Å². The first-order valence-electron chi connectivity index (χ1n) is 11.1. The molecule has 0 radical (unpaired) electrons. The zero-order chi connectivity index (χ0) is 23.2. The van der Waals surface area contributed by atoms with Gasteiger partial charge in [0.05, 0.1) is 28.5 Å². The lowest BCUT2D eigenvalue weighted by Crippen LogP contribution is -2.38. The molecule has 3 aliphatic rings. The third-order valence-electron chi connectivity index (χ3n) is 6.22. The minimum atomic E-state index is -0.553. The molecule has 0 unspecified atom stereocenters. The van der Waals surface area contributed by atoms with Gasteiger partial charge in [-0.15, -0.1) is 0 Å². The van der Waals surface area contributed by atoms with Gasteiger partial charge in [0.25, 0.3) is 11.8 Å². The lowest BCUT2D eigenvalue weighted by Gasteiger charge is -2.18. The fraction of sp³-hybridized carbons (Fsp3) is 0.375. The van der Waals surface area contributed by atoms with Crippen LogP contribution in [0.25, 0.3) is 0 Å². The van der Waals surface area contributed by atoms with E-state index in [1.54, 1.807) is 24.3 Å². The third kappa shape index (κ3) is 4.66. The first-order chi connectivity index (χ1) is 15.8. The average Bonchev–Trinajstić information content (AvgIpc) is 3.70. The summed E-state index contributed by atoms with van der Waals surface area (Å²) >= 11 is 6.55. The van der Waals surface area contributed by atoms with Crippen molar-refractivity contribution in [2.24, 2.45) is 4.99 Å². The van der Waals surface area contributed by atoms with Gasteiger partial charge in [-0.1, -0.05) is 17.7 Å². The summed E-state index contributed by atoms with van der Waals surface area (Å²) in [5.41, 5.74) is 1.83. The van der Waals surface area contributed by atoms with E-state index in [9.17, 15) is 9.59 Å². The van der Waals surface area contributed by atoms with Gasteiger partial charge in [-0.25, -0.2) is 4.39 Å². The maximum absolute atomic E-state index is 15.3. The molecule has 0 aromatic heterocycles. The Morgan fingerprint density at radius 2 is 2.00 bits per heavy atom. The first kappa shape index (κ1) is 21.7. The molecule has 2 fully saturated rings. The summed E-state index contributed by atoms with van der Waals surface area (Å²) in [6, 6.07) is 7.99. The Hall–Kier alpha value is -3.13. The first-order valence-corrected chi connectivity index (χ1v) is 11.5. The molecule has 33 heavy (non-hydrogen) atoms. The van der Waals surface area contributed by atoms with Crippen LogP contribution in [0, 0.1) is 5.82 Å². The van der Waals surface area contributed by atoms with E-state index in [0.717, 1.165) is 31.2 Å². The van der Waals surface area contributed by atoms with Crippen LogP contribution < -0.4 is 21.3 Å². The normalized spacial score (nSPS) is 18.2. The number of nitrogens with zero attached hydrogens (tertiary/aromatic N) is 1. The van der Waals surface area contributed by atoms with Gasteiger partial charge in [0, 0.05) is 17.6 Å². The predicted octanol–water partition coefficient (Wildman–Crippen LogP) is 4.07. The second-order valence-corrected chi connectivity index (χ2v) is 9.49. The number of amides is 2. The standard InChI is InChI=1S/C24H25ClFN5O2/c1-24(7-8-24)31-22(33)15-3-2-4-18(19(15)25)29-20-16(13-5-6-13)11-14(12-17(20)26)21(32)30-23-27-9-10-28-23/h2-4,11-13,29H,5-10H2,1H3,(H,31,33)(H2,27,28,30,32). The van der Waals surface area contributed by atoms with Crippen molar-refractivity contribution in [3.63, 3.8) is 0 Å². The van der Waals surface area contributed by atoms with Gasteiger partial charge < -0.3 is 16.0 Å². The molecule has 1 heterocycles. The minimum Gasteiger partial charge on any atom is -0.354 e. The van der Waals surface area contributed by atoms with Crippen LogP contribution in [0.15, 0.2) is 35.3 Å². The van der Waals surface area contributed by atoms with E-state index < -0.39 is 11.7 Å². The number of nitrogens with one attached hydrogen (secondary N) is 4. The molecule has 2 aliphatic carbocycles. The number of anilines is 2. The molecule has 0 saturated heterocycles. The molecule has 2 aromatic carbocycles. The largest absolute Gasteiger partial charge is 0.354 e. The van der Waals surface area contributed by atoms with Crippen LogP contribution in [0.5, 0.6) is 0 Å². The van der Waals surface area contributed by atoms with E-state index in [4.69, 9.17) is 11.6 Å². The number of carbonyl (C=O) groups excluding carboxylic acids is 2. The fourth-order valence-corrected chi connectivity index (χ4v) is 4.12. The fourth-order valence-electron chi connectivity index (χ4n) is 3.86. The number of hydrogen-bond acceptors (Lipinski definition) is 5. The summed E-state index contributed by atoms with van der Waals surface area (Å²) < 4.78 is 15.3. The molecule has 1 aliphatic heterocycles. The van der Waals surface area contributed by atoms with Crippen LogP contribution in [0.4, 0.5) is 15.8 Å². The van der Waals surface area contributed by atoms with Crippen LogP contribution >= 0.6 is 11.6 Å². The summed E-state index contributed by atoms with van der Waals surface area (Å²) in [7, 11) is 0. The van der Waals surface area contributed by atoms with Crippen molar-refractivity contribution in [1.29, 1.82) is 0 Å². The van der Waals surface area contributed by atoms with Gasteiger partial charge in [0.2, 0.25) is 0 Å². The van der Waals surface area contributed by atoms with Crippen LogP contribution in [-0.2, 0) is 0 Å². The number of rotatable bonds is 6.